The molecule has 0 amide bonds. The first-order chi connectivity index (χ1) is 17.7. The van der Waals surface area contributed by atoms with Crippen molar-refractivity contribution >= 4 is 37.8 Å². The second-order valence-electron chi connectivity index (χ2n) is 8.37. The average Bonchev–Trinajstić information content (AvgIpc) is 2.97. The van der Waals surface area contributed by atoms with Gasteiger partial charge in [-0.15, -0.1) is 0 Å². The first-order valence-corrected chi connectivity index (χ1v) is 17.9. The Kier molecular flexibility index (Phi) is 6.77. The van der Waals surface area contributed by atoms with E-state index < -0.39 is 23.8 Å². The Morgan fingerprint density at radius 3 is 1.11 bits per heavy atom. The van der Waals surface area contributed by atoms with E-state index in [1.54, 1.807) is 0 Å². The molecule has 0 saturated heterocycles. The Morgan fingerprint density at radius 1 is 0.472 bits per heavy atom. The summed E-state index contributed by atoms with van der Waals surface area (Å²) in [4.78, 5) is 13.8. The third-order valence-electron chi connectivity index (χ3n) is 6.34. The van der Waals surface area contributed by atoms with Gasteiger partial charge in [0, 0.05) is 0 Å². The Hall–Kier alpha value is -4.05. The summed E-state index contributed by atoms with van der Waals surface area (Å²) in [5.74, 6) is 5.25. The van der Waals surface area contributed by atoms with E-state index in [0.29, 0.717) is 0 Å². The SMILES string of the molecule is O=C(C#Cc1ccccc1)[O][Sb]([c]1ccccc1)([c]1ccccc1)([c]1ccccc1)[c]1ccccc1. The van der Waals surface area contributed by atoms with Gasteiger partial charge in [0.25, 0.3) is 0 Å². The maximum absolute atomic E-state index is 13.8. The van der Waals surface area contributed by atoms with Crippen LogP contribution in [0, 0.1) is 11.8 Å². The molecular formula is C33H25O2Sb. The van der Waals surface area contributed by atoms with Gasteiger partial charge in [0.2, 0.25) is 0 Å². The summed E-state index contributed by atoms with van der Waals surface area (Å²) in [5.41, 5.74) is 0.766. The Labute approximate surface area is 213 Å². The molecule has 0 aliphatic carbocycles. The van der Waals surface area contributed by atoms with Gasteiger partial charge in [-0.3, -0.25) is 0 Å². The molecule has 0 aliphatic heterocycles. The molecule has 0 N–H and O–H groups in total. The summed E-state index contributed by atoms with van der Waals surface area (Å²) in [6.45, 7) is 0. The van der Waals surface area contributed by atoms with Crippen molar-refractivity contribution in [2.24, 2.45) is 0 Å². The molecule has 5 aromatic rings. The van der Waals surface area contributed by atoms with Crippen molar-refractivity contribution in [3.05, 3.63) is 157 Å². The van der Waals surface area contributed by atoms with Crippen LogP contribution < -0.4 is 14.0 Å². The van der Waals surface area contributed by atoms with E-state index in [1.165, 1.54) is 0 Å². The van der Waals surface area contributed by atoms with Crippen molar-refractivity contribution in [3.8, 4) is 11.8 Å². The summed E-state index contributed by atoms with van der Waals surface area (Å²) in [5, 5.41) is 0. The molecular weight excluding hydrogens is 550 g/mol. The van der Waals surface area contributed by atoms with Crippen molar-refractivity contribution in [1.82, 2.24) is 0 Å². The van der Waals surface area contributed by atoms with Crippen molar-refractivity contribution < 1.29 is 7.81 Å². The summed E-state index contributed by atoms with van der Waals surface area (Å²) >= 11 is -5.23. The van der Waals surface area contributed by atoms with Gasteiger partial charge in [0.05, 0.1) is 0 Å². The molecule has 2 nitrogen and oxygen atoms in total. The minimum atomic E-state index is -5.23. The fraction of sp³-hybridized carbons (Fsp3) is 0. The van der Waals surface area contributed by atoms with Crippen molar-refractivity contribution in [2.75, 3.05) is 0 Å². The number of hydrogen-bond acceptors (Lipinski definition) is 2. The zero-order chi connectivity index (χ0) is 24.7. The second kappa shape index (κ2) is 10.3. The van der Waals surface area contributed by atoms with Crippen LogP contribution >= 0.6 is 0 Å². The molecule has 0 saturated carbocycles. The Balaban J connectivity index is 1.89. The van der Waals surface area contributed by atoms with Crippen molar-refractivity contribution in [2.45, 2.75) is 0 Å². The molecule has 0 fully saturated rings. The molecule has 0 radical (unpaired) electrons. The number of carbonyl (C=O) groups is 1. The Morgan fingerprint density at radius 2 is 0.778 bits per heavy atom. The van der Waals surface area contributed by atoms with Crippen molar-refractivity contribution in [3.63, 3.8) is 0 Å². The van der Waals surface area contributed by atoms with Gasteiger partial charge in [-0.05, 0) is 0 Å². The topological polar surface area (TPSA) is 26.3 Å². The van der Waals surface area contributed by atoms with Gasteiger partial charge in [-0.1, -0.05) is 0 Å². The van der Waals surface area contributed by atoms with Crippen LogP contribution in [0.2, 0.25) is 0 Å². The van der Waals surface area contributed by atoms with Gasteiger partial charge in [0.1, 0.15) is 0 Å². The van der Waals surface area contributed by atoms with E-state index in [9.17, 15) is 4.79 Å². The number of hydrogen-bond donors (Lipinski definition) is 0. The predicted molar refractivity (Wildman–Crippen MR) is 149 cm³/mol. The fourth-order valence-electron chi connectivity index (χ4n) is 4.79. The first-order valence-electron chi connectivity index (χ1n) is 11.8. The molecule has 174 valence electrons. The van der Waals surface area contributed by atoms with E-state index in [4.69, 9.17) is 3.02 Å². The van der Waals surface area contributed by atoms with E-state index in [1.807, 2.05) is 103 Å². The van der Waals surface area contributed by atoms with Gasteiger partial charge in [-0.2, -0.15) is 0 Å². The maximum atomic E-state index is 13.8. The summed E-state index contributed by atoms with van der Waals surface area (Å²) < 4.78 is 11.0. The molecule has 0 bridgehead atoms. The molecule has 5 aromatic carbocycles. The third kappa shape index (κ3) is 4.03. The van der Waals surface area contributed by atoms with Crippen LogP contribution in [0.3, 0.4) is 0 Å². The third-order valence-corrected chi connectivity index (χ3v) is 22.5. The Bertz CT molecular complexity index is 1340. The molecule has 0 atom stereocenters. The zero-order valence-electron chi connectivity index (χ0n) is 19.7. The molecule has 0 spiro atoms. The summed E-state index contributed by atoms with van der Waals surface area (Å²) in [6.07, 6.45) is 0. The monoisotopic (exact) mass is 574 g/mol. The van der Waals surface area contributed by atoms with Crippen LogP contribution in [0.25, 0.3) is 0 Å². The number of benzene rings is 5. The summed E-state index contributed by atoms with van der Waals surface area (Å²) in [7, 11) is 0. The van der Waals surface area contributed by atoms with Crippen LogP contribution in [-0.4, -0.2) is 23.8 Å². The van der Waals surface area contributed by atoms with Gasteiger partial charge in [-0.25, -0.2) is 0 Å². The first kappa shape index (κ1) is 23.7. The van der Waals surface area contributed by atoms with Crippen LogP contribution in [0.1, 0.15) is 5.56 Å². The molecule has 0 heterocycles. The molecule has 36 heavy (non-hydrogen) atoms. The van der Waals surface area contributed by atoms with Gasteiger partial charge in [0.15, 0.2) is 0 Å². The molecule has 3 heteroatoms. The van der Waals surface area contributed by atoms with E-state index in [-0.39, 0.29) is 0 Å². The fourth-order valence-corrected chi connectivity index (χ4v) is 20.6. The quantitative estimate of drug-likeness (QED) is 0.233. The average molecular weight is 575 g/mol. The van der Waals surface area contributed by atoms with E-state index in [0.717, 1.165) is 19.6 Å². The standard InChI is InChI=1S/C9H6O2.4C6H5.Sb/c10-9(11)7-6-8-4-2-1-3-5-8;4*1-2-4-6-5-3-1;/h1-5H,(H,10,11);4*1-5H;/q;;;;;+1/p-1. The molecule has 0 aromatic heterocycles. The van der Waals surface area contributed by atoms with Crippen LogP contribution in [-0.2, 0) is 7.81 Å². The normalized spacial score (nSPS) is 11.8. The number of carbonyl (C=O) groups excluding carboxylic acids is 1. The van der Waals surface area contributed by atoms with Crippen molar-refractivity contribution in [1.29, 1.82) is 0 Å². The summed E-state index contributed by atoms with van der Waals surface area (Å²) in [6, 6.07) is 50.3. The van der Waals surface area contributed by atoms with Gasteiger partial charge >= 0.3 is 215 Å². The van der Waals surface area contributed by atoms with Crippen LogP contribution in [0.15, 0.2) is 152 Å². The molecule has 5 rings (SSSR count). The molecule has 0 aliphatic rings. The van der Waals surface area contributed by atoms with E-state index >= 15 is 0 Å². The van der Waals surface area contributed by atoms with E-state index in [2.05, 4.69) is 60.4 Å². The predicted octanol–water partition coefficient (Wildman–Crippen LogP) is 4.11. The molecule has 0 unspecified atom stereocenters. The minimum absolute atomic E-state index is 0.541. The van der Waals surface area contributed by atoms with Crippen LogP contribution in [0.4, 0.5) is 0 Å². The van der Waals surface area contributed by atoms with Crippen LogP contribution in [0.5, 0.6) is 0 Å². The number of rotatable bonds is 5. The zero-order valence-corrected chi connectivity index (χ0v) is 22.3. The van der Waals surface area contributed by atoms with Gasteiger partial charge < -0.3 is 0 Å². The second-order valence-corrected chi connectivity index (χ2v) is 20.7.